The molecule has 1 heterocycles. The molecular weight excluding hydrogens is 598 g/mol. The van der Waals surface area contributed by atoms with E-state index in [0.717, 1.165) is 10.2 Å². The normalized spacial score (nSPS) is 11.8. The number of rotatable bonds is 3. The van der Waals surface area contributed by atoms with Gasteiger partial charge in [0.2, 0.25) is 0 Å². The summed E-state index contributed by atoms with van der Waals surface area (Å²) in [4.78, 5) is 0. The standard InChI is InChI=1S/C42H26BrN/c43-31-20-22-32(23-21-31)44-39-16-8-7-11-33(39)38-26-30(19-24-40(38)44)42-36-14-5-3-12-34(36)41(35-13-4-6-15-37(35)42)29-18-17-27-9-1-2-10-28(27)25-29/h1-26H. The average Bonchev–Trinajstić information content (AvgIpc) is 3.41. The van der Waals surface area contributed by atoms with Crippen molar-refractivity contribution in [2.24, 2.45) is 0 Å². The lowest BCUT2D eigenvalue weighted by Crippen LogP contribution is -1.93. The van der Waals surface area contributed by atoms with E-state index < -0.39 is 0 Å². The van der Waals surface area contributed by atoms with Gasteiger partial charge in [-0.25, -0.2) is 0 Å². The average molecular weight is 625 g/mol. The molecule has 1 aromatic heterocycles. The fourth-order valence-electron chi connectivity index (χ4n) is 7.09. The second-order valence-electron chi connectivity index (χ2n) is 11.5. The molecule has 0 radical (unpaired) electrons. The minimum absolute atomic E-state index is 1.08. The first kappa shape index (κ1) is 25.3. The summed E-state index contributed by atoms with van der Waals surface area (Å²) in [5.41, 5.74) is 8.62. The minimum atomic E-state index is 1.08. The van der Waals surface area contributed by atoms with E-state index in [1.165, 1.54) is 76.4 Å². The highest BCUT2D eigenvalue weighted by molar-refractivity contribution is 9.10. The Balaban J connectivity index is 1.35. The van der Waals surface area contributed by atoms with Crippen molar-refractivity contribution in [3.8, 4) is 27.9 Å². The molecule has 206 valence electrons. The van der Waals surface area contributed by atoms with Crippen LogP contribution >= 0.6 is 15.9 Å². The number of hydrogen-bond acceptors (Lipinski definition) is 0. The van der Waals surface area contributed by atoms with Crippen molar-refractivity contribution in [3.05, 3.63) is 162 Å². The highest BCUT2D eigenvalue weighted by Gasteiger charge is 2.19. The van der Waals surface area contributed by atoms with Gasteiger partial charge in [-0.1, -0.05) is 125 Å². The topological polar surface area (TPSA) is 4.93 Å². The number of fused-ring (bicyclic) bond motifs is 6. The van der Waals surface area contributed by atoms with Crippen LogP contribution in [0.25, 0.3) is 82.1 Å². The molecule has 44 heavy (non-hydrogen) atoms. The van der Waals surface area contributed by atoms with E-state index >= 15 is 0 Å². The number of para-hydroxylation sites is 1. The predicted octanol–water partition coefficient (Wildman–Crippen LogP) is 12.3. The van der Waals surface area contributed by atoms with Gasteiger partial charge < -0.3 is 4.57 Å². The van der Waals surface area contributed by atoms with Crippen LogP contribution in [0, 0.1) is 0 Å². The van der Waals surface area contributed by atoms with Crippen LogP contribution in [-0.2, 0) is 0 Å². The van der Waals surface area contributed by atoms with E-state index in [1.54, 1.807) is 0 Å². The van der Waals surface area contributed by atoms with E-state index in [-0.39, 0.29) is 0 Å². The summed E-state index contributed by atoms with van der Waals surface area (Å²) in [5.74, 6) is 0. The van der Waals surface area contributed by atoms with E-state index in [9.17, 15) is 0 Å². The van der Waals surface area contributed by atoms with Crippen molar-refractivity contribution in [1.82, 2.24) is 4.57 Å². The highest BCUT2D eigenvalue weighted by Crippen LogP contribution is 2.45. The maximum Gasteiger partial charge on any atom is 0.0541 e. The highest BCUT2D eigenvalue weighted by atomic mass is 79.9. The number of halogens is 1. The van der Waals surface area contributed by atoms with Crippen molar-refractivity contribution in [2.45, 2.75) is 0 Å². The quantitative estimate of drug-likeness (QED) is 0.172. The van der Waals surface area contributed by atoms with Gasteiger partial charge in [0.15, 0.2) is 0 Å². The van der Waals surface area contributed by atoms with Crippen LogP contribution in [-0.4, -0.2) is 4.57 Å². The summed E-state index contributed by atoms with van der Waals surface area (Å²) < 4.78 is 3.45. The largest absolute Gasteiger partial charge is 0.309 e. The van der Waals surface area contributed by atoms with Gasteiger partial charge in [-0.05, 0) is 103 Å². The Hall–Kier alpha value is -5.18. The summed E-state index contributed by atoms with van der Waals surface area (Å²) >= 11 is 3.60. The number of nitrogens with zero attached hydrogens (tertiary/aromatic N) is 1. The van der Waals surface area contributed by atoms with Crippen molar-refractivity contribution < 1.29 is 0 Å². The molecule has 0 atom stereocenters. The predicted molar refractivity (Wildman–Crippen MR) is 192 cm³/mol. The van der Waals surface area contributed by atoms with E-state index in [4.69, 9.17) is 0 Å². The Morgan fingerprint density at radius 2 is 0.864 bits per heavy atom. The van der Waals surface area contributed by atoms with E-state index in [1.807, 2.05) is 0 Å². The van der Waals surface area contributed by atoms with Gasteiger partial charge in [-0.3, -0.25) is 0 Å². The third-order valence-corrected chi connectivity index (χ3v) is 9.54. The van der Waals surface area contributed by atoms with Gasteiger partial charge in [-0.2, -0.15) is 0 Å². The first-order chi connectivity index (χ1) is 21.7. The Morgan fingerprint density at radius 1 is 0.364 bits per heavy atom. The maximum atomic E-state index is 3.60. The van der Waals surface area contributed by atoms with Crippen LogP contribution in [0.3, 0.4) is 0 Å². The van der Waals surface area contributed by atoms with Gasteiger partial charge in [0.05, 0.1) is 11.0 Å². The van der Waals surface area contributed by atoms with Crippen LogP contribution in [0.5, 0.6) is 0 Å². The lowest BCUT2D eigenvalue weighted by Gasteiger charge is -2.18. The van der Waals surface area contributed by atoms with Crippen molar-refractivity contribution in [2.75, 3.05) is 0 Å². The van der Waals surface area contributed by atoms with Gasteiger partial charge in [0.25, 0.3) is 0 Å². The second-order valence-corrected chi connectivity index (χ2v) is 12.4. The first-order valence-corrected chi connectivity index (χ1v) is 15.8. The number of benzene rings is 8. The third kappa shape index (κ3) is 3.85. The zero-order chi connectivity index (χ0) is 29.2. The molecule has 1 nitrogen and oxygen atoms in total. The maximum absolute atomic E-state index is 3.60. The van der Waals surface area contributed by atoms with Crippen molar-refractivity contribution in [3.63, 3.8) is 0 Å². The zero-order valence-electron chi connectivity index (χ0n) is 23.8. The van der Waals surface area contributed by atoms with E-state index in [2.05, 4.69) is 178 Å². The van der Waals surface area contributed by atoms with Gasteiger partial charge in [-0.15, -0.1) is 0 Å². The Bertz CT molecular complexity index is 2500. The van der Waals surface area contributed by atoms with E-state index in [0.29, 0.717) is 0 Å². The lowest BCUT2D eigenvalue weighted by atomic mass is 9.85. The molecule has 0 spiro atoms. The van der Waals surface area contributed by atoms with Crippen LogP contribution in [0.4, 0.5) is 0 Å². The molecule has 9 aromatic rings. The molecule has 0 N–H and O–H groups in total. The summed E-state index contributed by atoms with van der Waals surface area (Å²) in [7, 11) is 0. The molecule has 0 bridgehead atoms. The minimum Gasteiger partial charge on any atom is -0.309 e. The molecule has 0 unspecified atom stereocenters. The van der Waals surface area contributed by atoms with Crippen LogP contribution in [0.2, 0.25) is 0 Å². The summed E-state index contributed by atoms with van der Waals surface area (Å²) in [6, 6.07) is 57.6. The fourth-order valence-corrected chi connectivity index (χ4v) is 7.36. The molecule has 0 fully saturated rings. The molecule has 0 aliphatic rings. The molecular formula is C42H26BrN. The summed E-state index contributed by atoms with van der Waals surface area (Å²) in [6.45, 7) is 0. The SMILES string of the molecule is Brc1ccc(-n2c3ccccc3c3cc(-c4c5ccccc5c(-c5ccc6ccccc6c5)c5ccccc45)ccc32)cc1. The third-order valence-electron chi connectivity index (χ3n) is 9.02. The Morgan fingerprint density at radius 3 is 1.52 bits per heavy atom. The van der Waals surface area contributed by atoms with Crippen molar-refractivity contribution >= 4 is 70.1 Å². The number of hydrogen-bond donors (Lipinski definition) is 0. The monoisotopic (exact) mass is 623 g/mol. The van der Waals surface area contributed by atoms with Gasteiger partial charge in [0, 0.05) is 20.9 Å². The second kappa shape index (κ2) is 9.94. The fraction of sp³-hybridized carbons (Fsp3) is 0. The number of aromatic nitrogens is 1. The zero-order valence-corrected chi connectivity index (χ0v) is 25.4. The lowest BCUT2D eigenvalue weighted by molar-refractivity contribution is 1.18. The van der Waals surface area contributed by atoms with Crippen LogP contribution in [0.15, 0.2) is 162 Å². The molecule has 0 aliphatic heterocycles. The molecule has 0 amide bonds. The van der Waals surface area contributed by atoms with Gasteiger partial charge in [0.1, 0.15) is 0 Å². The summed E-state index contributed by atoms with van der Waals surface area (Å²) in [6.07, 6.45) is 0. The Labute approximate surface area is 263 Å². The smallest absolute Gasteiger partial charge is 0.0541 e. The van der Waals surface area contributed by atoms with Crippen LogP contribution in [0.1, 0.15) is 0 Å². The summed E-state index contributed by atoms with van der Waals surface area (Å²) in [5, 5.41) is 10.1. The Kier molecular flexibility index (Phi) is 5.72. The van der Waals surface area contributed by atoms with Crippen LogP contribution < -0.4 is 0 Å². The molecule has 0 aliphatic carbocycles. The molecule has 0 saturated carbocycles. The van der Waals surface area contributed by atoms with Crippen molar-refractivity contribution in [1.29, 1.82) is 0 Å². The molecule has 0 saturated heterocycles. The molecule has 8 aromatic carbocycles. The van der Waals surface area contributed by atoms with Gasteiger partial charge >= 0.3 is 0 Å². The first-order valence-electron chi connectivity index (χ1n) is 15.0. The molecule has 9 rings (SSSR count). The molecule has 2 heteroatoms.